The predicted molar refractivity (Wildman–Crippen MR) is 64.2 cm³/mol. The third kappa shape index (κ3) is 2.74. The number of hydrogen-bond acceptors (Lipinski definition) is 3. The molecule has 0 aromatic heterocycles. The van der Waals surface area contributed by atoms with E-state index in [1.807, 2.05) is 18.7 Å². The lowest BCUT2D eigenvalue weighted by Gasteiger charge is -2.13. The van der Waals surface area contributed by atoms with E-state index in [9.17, 15) is 5.11 Å². The fraction of sp³-hybridized carbons (Fsp3) is 0.500. The van der Waals surface area contributed by atoms with Crippen LogP contribution in [0.1, 0.15) is 24.9 Å². The van der Waals surface area contributed by atoms with Crippen LogP contribution in [-0.2, 0) is 0 Å². The van der Waals surface area contributed by atoms with Crippen molar-refractivity contribution in [3.8, 4) is 0 Å². The van der Waals surface area contributed by atoms with Gasteiger partial charge in [-0.2, -0.15) is 0 Å². The minimum atomic E-state index is -0.207. The molecule has 2 nitrogen and oxygen atoms in total. The van der Waals surface area contributed by atoms with E-state index in [0.29, 0.717) is 6.04 Å². The molecule has 1 aliphatic heterocycles. The first-order valence-corrected chi connectivity index (χ1v) is 6.39. The molecule has 15 heavy (non-hydrogen) atoms. The average molecular weight is 223 g/mol. The number of thioether (sulfide) groups is 1. The normalized spacial score (nSPS) is 21.3. The van der Waals surface area contributed by atoms with Crippen molar-refractivity contribution < 1.29 is 5.11 Å². The number of rotatable bonds is 4. The molecule has 1 aromatic carbocycles. The molecule has 1 aliphatic rings. The lowest BCUT2D eigenvalue weighted by atomic mass is 10.1. The molecule has 0 saturated carbocycles. The standard InChI is InChI=1S/C12H17NOS/c1-9(14)6-7-13-11-8-15-12-5-3-2-4-10(11)12/h2-5,9,11,13-14H,6-8H2,1H3. The van der Waals surface area contributed by atoms with E-state index in [2.05, 4.69) is 29.6 Å². The molecule has 0 saturated heterocycles. The van der Waals surface area contributed by atoms with Crippen LogP contribution in [0, 0.1) is 0 Å². The molecule has 0 bridgehead atoms. The van der Waals surface area contributed by atoms with E-state index in [1.165, 1.54) is 10.5 Å². The van der Waals surface area contributed by atoms with Crippen molar-refractivity contribution in [3.05, 3.63) is 29.8 Å². The van der Waals surface area contributed by atoms with Gasteiger partial charge in [-0.1, -0.05) is 18.2 Å². The molecule has 3 heteroatoms. The molecule has 2 unspecified atom stereocenters. The van der Waals surface area contributed by atoms with Crippen molar-refractivity contribution in [2.45, 2.75) is 30.4 Å². The van der Waals surface area contributed by atoms with Gasteiger partial charge in [0.1, 0.15) is 0 Å². The minimum absolute atomic E-state index is 0.207. The molecule has 0 radical (unpaired) electrons. The van der Waals surface area contributed by atoms with Gasteiger partial charge in [-0.05, 0) is 31.5 Å². The number of aliphatic hydroxyl groups excluding tert-OH is 1. The second kappa shape index (κ2) is 5.01. The highest BCUT2D eigenvalue weighted by Crippen LogP contribution is 2.37. The topological polar surface area (TPSA) is 32.3 Å². The van der Waals surface area contributed by atoms with Gasteiger partial charge in [-0.3, -0.25) is 0 Å². The first kappa shape index (κ1) is 11.0. The van der Waals surface area contributed by atoms with Gasteiger partial charge in [0.25, 0.3) is 0 Å². The molecular formula is C12H17NOS. The molecule has 2 rings (SSSR count). The van der Waals surface area contributed by atoms with Gasteiger partial charge >= 0.3 is 0 Å². The summed E-state index contributed by atoms with van der Waals surface area (Å²) in [5.74, 6) is 1.11. The van der Waals surface area contributed by atoms with Crippen LogP contribution in [0.5, 0.6) is 0 Å². The summed E-state index contributed by atoms with van der Waals surface area (Å²) in [6, 6.07) is 9.01. The van der Waals surface area contributed by atoms with Crippen LogP contribution >= 0.6 is 11.8 Å². The second-order valence-corrected chi connectivity index (χ2v) is 5.06. The van der Waals surface area contributed by atoms with Crippen LogP contribution in [0.15, 0.2) is 29.2 Å². The van der Waals surface area contributed by atoms with Crippen molar-refractivity contribution in [2.75, 3.05) is 12.3 Å². The lowest BCUT2D eigenvalue weighted by Crippen LogP contribution is -2.24. The summed E-state index contributed by atoms with van der Waals surface area (Å²) in [4.78, 5) is 1.40. The summed E-state index contributed by atoms with van der Waals surface area (Å²) < 4.78 is 0. The quantitative estimate of drug-likeness (QED) is 0.820. The summed E-state index contributed by atoms with van der Waals surface area (Å²) in [6.45, 7) is 2.72. The SMILES string of the molecule is CC(O)CCNC1CSc2ccccc21. The summed E-state index contributed by atoms with van der Waals surface area (Å²) in [7, 11) is 0. The third-order valence-electron chi connectivity index (χ3n) is 2.65. The maximum atomic E-state index is 9.18. The van der Waals surface area contributed by atoms with Crippen LogP contribution in [0.3, 0.4) is 0 Å². The van der Waals surface area contributed by atoms with Crippen molar-refractivity contribution in [1.82, 2.24) is 5.32 Å². The van der Waals surface area contributed by atoms with Gasteiger partial charge in [0, 0.05) is 16.7 Å². The van der Waals surface area contributed by atoms with Gasteiger partial charge in [-0.15, -0.1) is 11.8 Å². The molecule has 2 N–H and O–H groups in total. The zero-order chi connectivity index (χ0) is 10.7. The minimum Gasteiger partial charge on any atom is -0.393 e. The Hall–Kier alpha value is -0.510. The number of hydrogen-bond donors (Lipinski definition) is 2. The van der Waals surface area contributed by atoms with E-state index in [4.69, 9.17) is 0 Å². The highest BCUT2D eigenvalue weighted by Gasteiger charge is 2.21. The Balaban J connectivity index is 1.90. The Labute approximate surface area is 95.1 Å². The molecule has 0 fully saturated rings. The number of nitrogens with one attached hydrogen (secondary N) is 1. The van der Waals surface area contributed by atoms with Crippen molar-refractivity contribution >= 4 is 11.8 Å². The molecule has 1 heterocycles. The predicted octanol–water partition coefficient (Wildman–Crippen LogP) is 2.19. The average Bonchev–Trinajstić information content (AvgIpc) is 2.62. The molecule has 82 valence electrons. The van der Waals surface area contributed by atoms with E-state index in [1.54, 1.807) is 0 Å². The molecule has 2 atom stereocenters. The first-order chi connectivity index (χ1) is 7.27. The van der Waals surface area contributed by atoms with E-state index >= 15 is 0 Å². The van der Waals surface area contributed by atoms with Crippen molar-refractivity contribution in [2.24, 2.45) is 0 Å². The Morgan fingerprint density at radius 3 is 3.13 bits per heavy atom. The van der Waals surface area contributed by atoms with Gasteiger partial charge < -0.3 is 10.4 Å². The fourth-order valence-electron chi connectivity index (χ4n) is 1.80. The molecular weight excluding hydrogens is 206 g/mol. The van der Waals surface area contributed by atoms with E-state index in [-0.39, 0.29) is 6.10 Å². The van der Waals surface area contributed by atoms with E-state index in [0.717, 1.165) is 18.7 Å². The molecule has 0 amide bonds. The summed E-state index contributed by atoms with van der Waals surface area (Å²) in [5, 5.41) is 12.7. The monoisotopic (exact) mass is 223 g/mol. The van der Waals surface area contributed by atoms with Gasteiger partial charge in [0.15, 0.2) is 0 Å². The molecule has 0 aliphatic carbocycles. The molecule has 1 aromatic rings. The summed E-state index contributed by atoms with van der Waals surface area (Å²) in [5.41, 5.74) is 1.41. The van der Waals surface area contributed by atoms with Crippen molar-refractivity contribution in [1.29, 1.82) is 0 Å². The smallest absolute Gasteiger partial charge is 0.0524 e. The van der Waals surface area contributed by atoms with Crippen LogP contribution in [0.4, 0.5) is 0 Å². The second-order valence-electron chi connectivity index (χ2n) is 3.99. The highest BCUT2D eigenvalue weighted by atomic mass is 32.2. The maximum Gasteiger partial charge on any atom is 0.0524 e. The lowest BCUT2D eigenvalue weighted by molar-refractivity contribution is 0.182. The zero-order valence-corrected chi connectivity index (χ0v) is 9.76. The van der Waals surface area contributed by atoms with Crippen LogP contribution < -0.4 is 5.32 Å². The summed E-state index contributed by atoms with van der Waals surface area (Å²) >= 11 is 1.91. The highest BCUT2D eigenvalue weighted by molar-refractivity contribution is 7.99. The molecule has 0 spiro atoms. The summed E-state index contributed by atoms with van der Waals surface area (Å²) in [6.07, 6.45) is 0.616. The van der Waals surface area contributed by atoms with Crippen LogP contribution in [0.2, 0.25) is 0 Å². The third-order valence-corrected chi connectivity index (χ3v) is 3.84. The van der Waals surface area contributed by atoms with Crippen molar-refractivity contribution in [3.63, 3.8) is 0 Å². The van der Waals surface area contributed by atoms with Gasteiger partial charge in [0.05, 0.1) is 6.10 Å². The van der Waals surface area contributed by atoms with Gasteiger partial charge in [0.2, 0.25) is 0 Å². The van der Waals surface area contributed by atoms with Crippen LogP contribution in [0.25, 0.3) is 0 Å². The van der Waals surface area contributed by atoms with Gasteiger partial charge in [-0.25, -0.2) is 0 Å². The fourth-order valence-corrected chi connectivity index (χ4v) is 2.99. The Morgan fingerprint density at radius 2 is 2.33 bits per heavy atom. The maximum absolute atomic E-state index is 9.18. The Kier molecular flexibility index (Phi) is 3.67. The Bertz CT molecular complexity index is 327. The van der Waals surface area contributed by atoms with Crippen LogP contribution in [-0.4, -0.2) is 23.5 Å². The number of aliphatic hydroxyl groups is 1. The Morgan fingerprint density at radius 1 is 1.53 bits per heavy atom. The largest absolute Gasteiger partial charge is 0.393 e. The number of benzene rings is 1. The van der Waals surface area contributed by atoms with E-state index < -0.39 is 0 Å². The first-order valence-electron chi connectivity index (χ1n) is 5.40. The number of fused-ring (bicyclic) bond motifs is 1. The zero-order valence-electron chi connectivity index (χ0n) is 8.94.